The monoisotopic (exact) mass is 332 g/mol. The molecule has 2 aromatic carbocycles. The Balaban J connectivity index is 3.40. The second-order valence-corrected chi connectivity index (χ2v) is 5.17. The number of hydrogen-bond donors (Lipinski definition) is 4. The summed E-state index contributed by atoms with van der Waals surface area (Å²) >= 11 is 0. The standard InChI is InChI=1S/C16H12O8/c1-5-3-4-6(2)8-7(5)9(13(17)18)11(15(21)22)12(16(23)24)10(8)14(19)20/h3-4H,1-2H3,(H,17,18)(H,19,20)(H,21,22)(H,23,24). The lowest BCUT2D eigenvalue weighted by Crippen LogP contribution is -2.21. The maximum Gasteiger partial charge on any atom is 0.337 e. The number of rotatable bonds is 4. The Labute approximate surface area is 134 Å². The van der Waals surface area contributed by atoms with Crippen LogP contribution in [0.25, 0.3) is 10.8 Å². The summed E-state index contributed by atoms with van der Waals surface area (Å²) < 4.78 is 0. The molecular weight excluding hydrogens is 320 g/mol. The molecule has 0 aliphatic rings. The molecule has 0 aliphatic heterocycles. The van der Waals surface area contributed by atoms with Gasteiger partial charge in [0.1, 0.15) is 0 Å². The maximum absolute atomic E-state index is 11.7. The van der Waals surface area contributed by atoms with Gasteiger partial charge in [-0.2, -0.15) is 0 Å². The van der Waals surface area contributed by atoms with Crippen LogP contribution in [0.2, 0.25) is 0 Å². The van der Waals surface area contributed by atoms with E-state index in [0.717, 1.165) is 0 Å². The first-order valence-corrected chi connectivity index (χ1v) is 6.62. The van der Waals surface area contributed by atoms with E-state index in [9.17, 15) is 39.6 Å². The van der Waals surface area contributed by atoms with Gasteiger partial charge in [0.15, 0.2) is 0 Å². The first-order valence-electron chi connectivity index (χ1n) is 6.62. The summed E-state index contributed by atoms with van der Waals surface area (Å²) in [6.45, 7) is 2.98. The Morgan fingerprint density at radius 1 is 0.583 bits per heavy atom. The molecule has 0 bridgehead atoms. The minimum absolute atomic E-state index is 0.0951. The van der Waals surface area contributed by atoms with Crippen LogP contribution < -0.4 is 0 Å². The Morgan fingerprint density at radius 2 is 0.833 bits per heavy atom. The van der Waals surface area contributed by atoms with Crippen LogP contribution in [0.15, 0.2) is 12.1 Å². The molecule has 0 spiro atoms. The summed E-state index contributed by atoms with van der Waals surface area (Å²) in [5, 5.41) is 37.4. The number of carbonyl (C=O) groups is 4. The number of benzene rings is 2. The average Bonchev–Trinajstić information content (AvgIpc) is 2.47. The van der Waals surface area contributed by atoms with Crippen LogP contribution >= 0.6 is 0 Å². The quantitative estimate of drug-likeness (QED) is 0.666. The van der Waals surface area contributed by atoms with Gasteiger partial charge in [0.2, 0.25) is 0 Å². The zero-order chi connectivity index (χ0) is 18.3. The minimum atomic E-state index is -1.82. The number of hydrogen-bond acceptors (Lipinski definition) is 4. The van der Waals surface area contributed by atoms with Crippen molar-refractivity contribution in [2.24, 2.45) is 0 Å². The Morgan fingerprint density at radius 3 is 1.04 bits per heavy atom. The van der Waals surface area contributed by atoms with E-state index in [1.165, 1.54) is 26.0 Å². The molecule has 0 aromatic heterocycles. The van der Waals surface area contributed by atoms with Gasteiger partial charge >= 0.3 is 23.9 Å². The van der Waals surface area contributed by atoms with Crippen LogP contribution in [0.1, 0.15) is 52.6 Å². The lowest BCUT2D eigenvalue weighted by atomic mass is 9.85. The van der Waals surface area contributed by atoms with Gasteiger partial charge in [-0.3, -0.25) is 0 Å². The van der Waals surface area contributed by atoms with Crippen molar-refractivity contribution >= 4 is 34.6 Å². The van der Waals surface area contributed by atoms with Gasteiger partial charge in [-0.15, -0.1) is 0 Å². The van der Waals surface area contributed by atoms with Gasteiger partial charge in [0.25, 0.3) is 0 Å². The third-order valence-corrected chi connectivity index (χ3v) is 3.73. The predicted molar refractivity (Wildman–Crippen MR) is 81.3 cm³/mol. The number of carboxylic acids is 4. The molecule has 0 heterocycles. The molecule has 124 valence electrons. The number of carboxylic acid groups (broad SMARTS) is 4. The van der Waals surface area contributed by atoms with E-state index in [1.54, 1.807) is 0 Å². The predicted octanol–water partition coefficient (Wildman–Crippen LogP) is 2.25. The zero-order valence-corrected chi connectivity index (χ0v) is 12.6. The molecule has 4 N–H and O–H groups in total. The first kappa shape index (κ1) is 16.9. The van der Waals surface area contributed by atoms with E-state index in [2.05, 4.69) is 0 Å². The van der Waals surface area contributed by atoms with Crippen LogP contribution in [0, 0.1) is 13.8 Å². The Hall–Kier alpha value is -3.42. The third-order valence-electron chi connectivity index (χ3n) is 3.73. The van der Waals surface area contributed by atoms with Crippen LogP contribution in [0.3, 0.4) is 0 Å². The first-order chi connectivity index (χ1) is 11.1. The molecular formula is C16H12O8. The number of aryl methyl sites for hydroxylation is 2. The lowest BCUT2D eigenvalue weighted by molar-refractivity contribution is 0.0621. The van der Waals surface area contributed by atoms with E-state index >= 15 is 0 Å². The molecule has 2 aromatic rings. The maximum atomic E-state index is 11.7. The molecule has 8 heteroatoms. The zero-order valence-electron chi connectivity index (χ0n) is 12.6. The fraction of sp³-hybridized carbons (Fsp3) is 0.125. The minimum Gasteiger partial charge on any atom is -0.478 e. The third kappa shape index (κ3) is 2.34. The number of fused-ring (bicyclic) bond motifs is 1. The van der Waals surface area contributed by atoms with E-state index in [0.29, 0.717) is 11.1 Å². The molecule has 8 nitrogen and oxygen atoms in total. The molecule has 0 amide bonds. The van der Waals surface area contributed by atoms with Crippen molar-refractivity contribution in [3.8, 4) is 0 Å². The smallest absolute Gasteiger partial charge is 0.337 e. The van der Waals surface area contributed by atoms with Crippen molar-refractivity contribution in [3.05, 3.63) is 45.5 Å². The second kappa shape index (κ2) is 5.65. The van der Waals surface area contributed by atoms with E-state index in [4.69, 9.17) is 0 Å². The van der Waals surface area contributed by atoms with Crippen molar-refractivity contribution < 1.29 is 39.6 Å². The van der Waals surface area contributed by atoms with E-state index < -0.39 is 46.1 Å². The molecule has 0 unspecified atom stereocenters. The van der Waals surface area contributed by atoms with Crippen LogP contribution in [-0.2, 0) is 0 Å². The van der Waals surface area contributed by atoms with Crippen molar-refractivity contribution in [3.63, 3.8) is 0 Å². The molecule has 0 saturated carbocycles. The van der Waals surface area contributed by atoms with Crippen molar-refractivity contribution in [1.82, 2.24) is 0 Å². The SMILES string of the molecule is Cc1ccc(C)c2c(C(=O)O)c(C(=O)O)c(C(=O)O)c(C(=O)O)c12. The molecule has 2 rings (SSSR count). The summed E-state index contributed by atoms with van der Waals surface area (Å²) in [6, 6.07) is 3.03. The van der Waals surface area contributed by atoms with E-state index in [-0.39, 0.29) is 10.8 Å². The summed E-state index contributed by atoms with van der Waals surface area (Å²) in [4.78, 5) is 46.4. The molecule has 0 fully saturated rings. The van der Waals surface area contributed by atoms with Crippen LogP contribution in [0.4, 0.5) is 0 Å². The normalized spacial score (nSPS) is 10.6. The summed E-state index contributed by atoms with van der Waals surface area (Å²) in [5.74, 6) is -6.94. The van der Waals surface area contributed by atoms with Crippen molar-refractivity contribution in [2.45, 2.75) is 13.8 Å². The summed E-state index contributed by atoms with van der Waals surface area (Å²) in [6.07, 6.45) is 0. The van der Waals surface area contributed by atoms with Crippen molar-refractivity contribution in [2.75, 3.05) is 0 Å². The highest BCUT2D eigenvalue weighted by Crippen LogP contribution is 2.35. The van der Waals surface area contributed by atoms with Crippen LogP contribution in [0.5, 0.6) is 0 Å². The topological polar surface area (TPSA) is 149 Å². The van der Waals surface area contributed by atoms with Gasteiger partial charge in [0.05, 0.1) is 22.3 Å². The molecule has 0 aliphatic carbocycles. The largest absolute Gasteiger partial charge is 0.478 e. The van der Waals surface area contributed by atoms with Gasteiger partial charge in [-0.05, 0) is 25.0 Å². The summed E-state index contributed by atoms with van der Waals surface area (Å²) in [5.41, 5.74) is -2.91. The molecule has 0 atom stereocenters. The molecule has 0 radical (unpaired) electrons. The molecule has 24 heavy (non-hydrogen) atoms. The average molecular weight is 332 g/mol. The van der Waals surface area contributed by atoms with Gasteiger partial charge < -0.3 is 20.4 Å². The second-order valence-electron chi connectivity index (χ2n) is 5.17. The van der Waals surface area contributed by atoms with Crippen LogP contribution in [-0.4, -0.2) is 44.3 Å². The highest BCUT2D eigenvalue weighted by Gasteiger charge is 2.34. The number of aromatic carboxylic acids is 4. The van der Waals surface area contributed by atoms with Gasteiger partial charge in [-0.25, -0.2) is 19.2 Å². The van der Waals surface area contributed by atoms with Crippen molar-refractivity contribution in [1.29, 1.82) is 0 Å². The highest BCUT2D eigenvalue weighted by atomic mass is 16.4. The van der Waals surface area contributed by atoms with Gasteiger partial charge in [-0.1, -0.05) is 12.1 Å². The molecule has 0 saturated heterocycles. The Bertz CT molecular complexity index is 863. The fourth-order valence-corrected chi connectivity index (χ4v) is 2.81. The highest BCUT2D eigenvalue weighted by molar-refractivity contribution is 6.24. The van der Waals surface area contributed by atoms with E-state index in [1.807, 2.05) is 0 Å². The van der Waals surface area contributed by atoms with Gasteiger partial charge in [0, 0.05) is 10.8 Å². The Kier molecular flexibility index (Phi) is 3.99. The summed E-state index contributed by atoms with van der Waals surface area (Å²) in [7, 11) is 0. The fourth-order valence-electron chi connectivity index (χ4n) is 2.81. The lowest BCUT2D eigenvalue weighted by Gasteiger charge is -2.17.